The fourth-order valence-corrected chi connectivity index (χ4v) is 1.92. The van der Waals surface area contributed by atoms with E-state index in [9.17, 15) is 9.18 Å². The maximum Gasteiger partial charge on any atom is 0.252 e. The van der Waals surface area contributed by atoms with Gasteiger partial charge in [0.05, 0.1) is 10.6 Å². The van der Waals surface area contributed by atoms with Crippen LogP contribution < -0.4 is 16.2 Å². The van der Waals surface area contributed by atoms with E-state index in [1.807, 2.05) is 0 Å². The van der Waals surface area contributed by atoms with Crippen LogP contribution in [0.1, 0.15) is 15.9 Å². The van der Waals surface area contributed by atoms with Crippen LogP contribution in [-0.2, 0) is 0 Å². The van der Waals surface area contributed by atoms with Crippen LogP contribution in [0.3, 0.4) is 0 Å². The number of benzene rings is 2. The van der Waals surface area contributed by atoms with Crippen molar-refractivity contribution in [3.63, 3.8) is 0 Å². The summed E-state index contributed by atoms with van der Waals surface area (Å²) in [4.78, 5) is 11.4. The molecule has 0 saturated carbocycles. The standard InChI is InChI=1S/C14H12ClFN2O2/c1-7-2-3-9(6-12(7)16)20-13-10(14(18)19)4-8(17)5-11(13)15/h2-6H,17H2,1H3,(H2,18,19). The minimum absolute atomic E-state index is 0.0379. The van der Waals surface area contributed by atoms with Crippen molar-refractivity contribution in [1.29, 1.82) is 0 Å². The first-order valence-electron chi connectivity index (χ1n) is 5.71. The third kappa shape index (κ3) is 2.83. The van der Waals surface area contributed by atoms with E-state index in [1.165, 1.54) is 18.2 Å². The Balaban J connectivity index is 2.47. The largest absolute Gasteiger partial charge is 0.455 e. The summed E-state index contributed by atoms with van der Waals surface area (Å²) in [5.41, 5.74) is 11.7. The van der Waals surface area contributed by atoms with Crippen LogP contribution in [0.15, 0.2) is 30.3 Å². The molecular formula is C14H12ClFN2O2. The Morgan fingerprint density at radius 2 is 2.00 bits per heavy atom. The van der Waals surface area contributed by atoms with E-state index < -0.39 is 11.7 Å². The van der Waals surface area contributed by atoms with Gasteiger partial charge in [0.2, 0.25) is 0 Å². The molecule has 0 fully saturated rings. The zero-order chi connectivity index (χ0) is 14.9. The Morgan fingerprint density at radius 1 is 1.30 bits per heavy atom. The second-order valence-corrected chi connectivity index (χ2v) is 4.66. The van der Waals surface area contributed by atoms with Crippen LogP contribution >= 0.6 is 11.6 Å². The van der Waals surface area contributed by atoms with Gasteiger partial charge < -0.3 is 16.2 Å². The van der Waals surface area contributed by atoms with E-state index in [-0.39, 0.29) is 27.8 Å². The number of aryl methyl sites for hydroxylation is 1. The second kappa shape index (κ2) is 5.38. The minimum atomic E-state index is -0.734. The molecule has 0 aromatic heterocycles. The highest BCUT2D eigenvalue weighted by Gasteiger charge is 2.16. The van der Waals surface area contributed by atoms with Crippen molar-refractivity contribution in [3.8, 4) is 11.5 Å². The van der Waals surface area contributed by atoms with E-state index in [2.05, 4.69) is 0 Å². The molecule has 4 N–H and O–H groups in total. The van der Waals surface area contributed by atoms with Gasteiger partial charge in [-0.25, -0.2) is 4.39 Å². The van der Waals surface area contributed by atoms with Crippen LogP contribution in [0.2, 0.25) is 5.02 Å². The third-order valence-corrected chi connectivity index (χ3v) is 2.98. The number of hydrogen-bond donors (Lipinski definition) is 2. The van der Waals surface area contributed by atoms with Crippen molar-refractivity contribution in [2.24, 2.45) is 5.73 Å². The summed E-state index contributed by atoms with van der Waals surface area (Å²) >= 11 is 5.99. The summed E-state index contributed by atoms with van der Waals surface area (Å²) in [7, 11) is 0. The van der Waals surface area contributed by atoms with E-state index >= 15 is 0 Å². The van der Waals surface area contributed by atoms with Gasteiger partial charge in [0.25, 0.3) is 5.91 Å². The summed E-state index contributed by atoms with van der Waals surface area (Å²) in [5.74, 6) is -0.893. The van der Waals surface area contributed by atoms with E-state index in [0.29, 0.717) is 5.56 Å². The van der Waals surface area contributed by atoms with Crippen molar-refractivity contribution < 1.29 is 13.9 Å². The van der Waals surface area contributed by atoms with Crippen LogP contribution in [-0.4, -0.2) is 5.91 Å². The lowest BCUT2D eigenvalue weighted by Gasteiger charge is -2.12. The van der Waals surface area contributed by atoms with Crippen molar-refractivity contribution in [3.05, 3.63) is 52.3 Å². The Bertz CT molecular complexity index is 689. The van der Waals surface area contributed by atoms with Crippen LogP contribution in [0, 0.1) is 12.7 Å². The van der Waals surface area contributed by atoms with Crippen LogP contribution in [0.25, 0.3) is 0 Å². The molecule has 4 nitrogen and oxygen atoms in total. The van der Waals surface area contributed by atoms with Gasteiger partial charge >= 0.3 is 0 Å². The number of nitrogen functional groups attached to an aromatic ring is 1. The molecule has 0 spiro atoms. The van der Waals surface area contributed by atoms with E-state index in [1.54, 1.807) is 19.1 Å². The molecule has 20 heavy (non-hydrogen) atoms. The maximum absolute atomic E-state index is 13.5. The molecule has 104 valence electrons. The Kier molecular flexibility index (Phi) is 3.81. The molecule has 0 aliphatic carbocycles. The molecule has 0 bridgehead atoms. The van der Waals surface area contributed by atoms with Gasteiger partial charge in [-0.1, -0.05) is 17.7 Å². The maximum atomic E-state index is 13.5. The number of anilines is 1. The number of halogens is 2. The summed E-state index contributed by atoms with van der Waals surface area (Å²) < 4.78 is 18.9. The minimum Gasteiger partial charge on any atom is -0.455 e. The normalized spacial score (nSPS) is 10.3. The highest BCUT2D eigenvalue weighted by Crippen LogP contribution is 2.35. The number of ether oxygens (including phenoxy) is 1. The average molecular weight is 295 g/mol. The number of carbonyl (C=O) groups excluding carboxylic acids is 1. The van der Waals surface area contributed by atoms with Crippen molar-refractivity contribution >= 4 is 23.2 Å². The van der Waals surface area contributed by atoms with Gasteiger partial charge in [-0.3, -0.25) is 4.79 Å². The predicted octanol–water partition coefficient (Wildman–Crippen LogP) is 3.26. The fraction of sp³-hybridized carbons (Fsp3) is 0.0714. The smallest absolute Gasteiger partial charge is 0.252 e. The summed E-state index contributed by atoms with van der Waals surface area (Å²) in [5, 5.41) is 0.125. The van der Waals surface area contributed by atoms with E-state index in [4.69, 9.17) is 27.8 Å². The molecule has 0 unspecified atom stereocenters. The highest BCUT2D eigenvalue weighted by atomic mass is 35.5. The van der Waals surface area contributed by atoms with E-state index in [0.717, 1.165) is 0 Å². The van der Waals surface area contributed by atoms with Gasteiger partial charge in [-0.05, 0) is 30.7 Å². The topological polar surface area (TPSA) is 78.3 Å². The quantitative estimate of drug-likeness (QED) is 0.853. The molecule has 0 saturated heterocycles. The Labute approximate surface area is 120 Å². The lowest BCUT2D eigenvalue weighted by atomic mass is 10.1. The molecular weight excluding hydrogens is 283 g/mol. The molecule has 0 atom stereocenters. The zero-order valence-corrected chi connectivity index (χ0v) is 11.4. The zero-order valence-electron chi connectivity index (χ0n) is 10.6. The molecule has 1 amide bonds. The average Bonchev–Trinajstić information content (AvgIpc) is 2.36. The van der Waals surface area contributed by atoms with Gasteiger partial charge in [-0.2, -0.15) is 0 Å². The molecule has 2 aromatic carbocycles. The van der Waals surface area contributed by atoms with Crippen LogP contribution in [0.4, 0.5) is 10.1 Å². The second-order valence-electron chi connectivity index (χ2n) is 4.26. The van der Waals surface area contributed by atoms with Gasteiger partial charge in [0.15, 0.2) is 5.75 Å². The van der Waals surface area contributed by atoms with Crippen LogP contribution in [0.5, 0.6) is 11.5 Å². The van der Waals surface area contributed by atoms with Crippen molar-refractivity contribution in [2.45, 2.75) is 6.92 Å². The van der Waals surface area contributed by atoms with Gasteiger partial charge in [0.1, 0.15) is 11.6 Å². The van der Waals surface area contributed by atoms with Gasteiger partial charge in [0, 0.05) is 11.8 Å². The first-order valence-corrected chi connectivity index (χ1v) is 6.09. The molecule has 2 rings (SSSR count). The number of rotatable bonds is 3. The number of amides is 1. The first-order chi connectivity index (χ1) is 9.38. The Hall–Kier alpha value is -2.27. The predicted molar refractivity (Wildman–Crippen MR) is 75.6 cm³/mol. The molecule has 0 heterocycles. The molecule has 0 aliphatic rings. The lowest BCUT2D eigenvalue weighted by Crippen LogP contribution is -2.13. The first kappa shape index (κ1) is 14.1. The third-order valence-electron chi connectivity index (χ3n) is 2.69. The summed E-state index contributed by atoms with van der Waals surface area (Å²) in [6.07, 6.45) is 0. The lowest BCUT2D eigenvalue weighted by molar-refractivity contribution is 0.0998. The number of carbonyl (C=O) groups is 1. The highest BCUT2D eigenvalue weighted by molar-refractivity contribution is 6.33. The van der Waals surface area contributed by atoms with Crippen molar-refractivity contribution in [1.82, 2.24) is 0 Å². The number of nitrogens with two attached hydrogens (primary N) is 2. The van der Waals surface area contributed by atoms with Crippen molar-refractivity contribution in [2.75, 3.05) is 5.73 Å². The van der Waals surface area contributed by atoms with Gasteiger partial charge in [-0.15, -0.1) is 0 Å². The molecule has 0 aliphatic heterocycles. The Morgan fingerprint density at radius 3 is 2.60 bits per heavy atom. The number of hydrogen-bond acceptors (Lipinski definition) is 3. The summed E-state index contributed by atoms with van der Waals surface area (Å²) in [6, 6.07) is 7.10. The SMILES string of the molecule is Cc1ccc(Oc2c(Cl)cc(N)cc2C(N)=O)cc1F. The molecule has 6 heteroatoms. The number of primary amides is 1. The monoisotopic (exact) mass is 294 g/mol. The molecule has 0 radical (unpaired) electrons. The fourth-order valence-electron chi connectivity index (χ4n) is 1.66. The molecule has 2 aromatic rings. The summed E-state index contributed by atoms with van der Waals surface area (Å²) in [6.45, 7) is 1.63.